The Balaban J connectivity index is 1.94. The molecule has 0 saturated carbocycles. The average molecular weight is 320 g/mol. The average Bonchev–Trinajstić information content (AvgIpc) is 2.85. The molecule has 23 heavy (non-hydrogen) atoms. The highest BCUT2D eigenvalue weighted by Gasteiger charge is 2.36. The van der Waals surface area contributed by atoms with Crippen LogP contribution in [0.25, 0.3) is 0 Å². The number of hydrogen-bond acceptors (Lipinski definition) is 5. The molecule has 0 saturated heterocycles. The molecule has 2 rings (SSSR count). The Morgan fingerprint density at radius 2 is 2.00 bits per heavy atom. The van der Waals surface area contributed by atoms with Crippen LogP contribution in [0, 0.1) is 11.8 Å². The van der Waals surface area contributed by atoms with Crippen LogP contribution in [0.4, 0.5) is 0 Å². The normalized spacial score (nSPS) is 25.2. The largest absolute Gasteiger partial charge is 0.394 e. The van der Waals surface area contributed by atoms with Crippen molar-refractivity contribution < 1.29 is 24.9 Å². The van der Waals surface area contributed by atoms with Gasteiger partial charge in [0.2, 0.25) is 0 Å². The molecule has 3 N–H and O–H groups in total. The fraction of sp³-hybridized carbons (Fsp3) is 0.500. The number of aliphatic hydroxyl groups is 3. The zero-order chi connectivity index (χ0) is 16.7. The van der Waals surface area contributed by atoms with Crippen molar-refractivity contribution in [2.24, 2.45) is 11.8 Å². The lowest BCUT2D eigenvalue weighted by Crippen LogP contribution is -2.26. The van der Waals surface area contributed by atoms with Crippen molar-refractivity contribution in [3.05, 3.63) is 47.5 Å². The van der Waals surface area contributed by atoms with Crippen molar-refractivity contribution in [1.29, 1.82) is 0 Å². The first kappa shape index (κ1) is 17.8. The van der Waals surface area contributed by atoms with Gasteiger partial charge in [0.05, 0.1) is 32.0 Å². The van der Waals surface area contributed by atoms with E-state index >= 15 is 0 Å². The SMILES string of the molecule is O=CC[C@@H]1[C@H](O)C(CC(O)CO)=C[C@H]1COCc1ccccc1. The van der Waals surface area contributed by atoms with E-state index in [9.17, 15) is 15.0 Å². The summed E-state index contributed by atoms with van der Waals surface area (Å²) in [6.07, 6.45) is 1.47. The maximum absolute atomic E-state index is 10.9. The molecule has 5 nitrogen and oxygen atoms in total. The zero-order valence-electron chi connectivity index (χ0n) is 13.0. The summed E-state index contributed by atoms with van der Waals surface area (Å²) in [4.78, 5) is 10.9. The molecule has 1 aliphatic rings. The van der Waals surface area contributed by atoms with Gasteiger partial charge in [-0.15, -0.1) is 0 Å². The second-order valence-corrected chi connectivity index (χ2v) is 5.96. The third-order valence-electron chi connectivity index (χ3n) is 4.24. The second kappa shape index (κ2) is 8.93. The quantitative estimate of drug-likeness (QED) is 0.468. The minimum Gasteiger partial charge on any atom is -0.394 e. The first-order chi connectivity index (χ1) is 11.2. The van der Waals surface area contributed by atoms with Crippen molar-refractivity contribution in [1.82, 2.24) is 0 Å². The molecule has 1 unspecified atom stereocenters. The number of benzene rings is 1. The van der Waals surface area contributed by atoms with Crippen LogP contribution in [0.3, 0.4) is 0 Å². The second-order valence-electron chi connectivity index (χ2n) is 5.96. The summed E-state index contributed by atoms with van der Waals surface area (Å²) in [6.45, 7) is 0.532. The van der Waals surface area contributed by atoms with Gasteiger partial charge in [0.25, 0.3) is 0 Å². The van der Waals surface area contributed by atoms with E-state index in [2.05, 4.69) is 0 Å². The van der Waals surface area contributed by atoms with E-state index in [4.69, 9.17) is 9.84 Å². The van der Waals surface area contributed by atoms with E-state index < -0.39 is 12.2 Å². The summed E-state index contributed by atoms with van der Waals surface area (Å²) in [5.41, 5.74) is 1.74. The molecule has 0 spiro atoms. The van der Waals surface area contributed by atoms with Crippen molar-refractivity contribution in [3.8, 4) is 0 Å². The van der Waals surface area contributed by atoms with Crippen LogP contribution >= 0.6 is 0 Å². The fourth-order valence-electron chi connectivity index (χ4n) is 3.01. The summed E-state index contributed by atoms with van der Waals surface area (Å²) < 4.78 is 5.72. The highest BCUT2D eigenvalue weighted by Crippen LogP contribution is 2.35. The fourth-order valence-corrected chi connectivity index (χ4v) is 3.01. The summed E-state index contributed by atoms with van der Waals surface area (Å²) in [5.74, 6) is -0.302. The van der Waals surface area contributed by atoms with E-state index in [0.717, 1.165) is 11.8 Å². The zero-order valence-corrected chi connectivity index (χ0v) is 13.0. The Labute approximate surface area is 136 Å². The van der Waals surface area contributed by atoms with Crippen LogP contribution in [0.1, 0.15) is 18.4 Å². The van der Waals surface area contributed by atoms with E-state index in [-0.39, 0.29) is 31.3 Å². The number of carbonyl (C=O) groups excluding carboxylic acids is 1. The molecule has 0 amide bonds. The molecule has 0 aromatic heterocycles. The number of aliphatic hydroxyl groups excluding tert-OH is 3. The third-order valence-corrected chi connectivity index (χ3v) is 4.24. The summed E-state index contributed by atoms with van der Waals surface area (Å²) in [6, 6.07) is 9.79. The van der Waals surface area contributed by atoms with Gasteiger partial charge in [0.1, 0.15) is 6.29 Å². The van der Waals surface area contributed by atoms with Gasteiger partial charge in [-0.2, -0.15) is 0 Å². The Hall–Kier alpha value is -1.53. The van der Waals surface area contributed by atoms with Gasteiger partial charge < -0.3 is 24.9 Å². The lowest BCUT2D eigenvalue weighted by Gasteiger charge is -2.21. The van der Waals surface area contributed by atoms with Gasteiger partial charge >= 0.3 is 0 Å². The Bertz CT molecular complexity index is 513. The number of carbonyl (C=O) groups is 1. The molecule has 1 aliphatic carbocycles. The van der Waals surface area contributed by atoms with Crippen molar-refractivity contribution in [2.45, 2.75) is 31.7 Å². The topological polar surface area (TPSA) is 87.0 Å². The van der Waals surface area contributed by atoms with E-state index in [1.54, 1.807) is 0 Å². The molecule has 4 atom stereocenters. The predicted octanol–water partition coefficient (Wildman–Crippen LogP) is 1.07. The molecular formula is C18H24O5. The minimum atomic E-state index is -0.892. The summed E-state index contributed by atoms with van der Waals surface area (Å²) in [7, 11) is 0. The van der Waals surface area contributed by atoms with Crippen LogP contribution in [-0.2, 0) is 16.1 Å². The Morgan fingerprint density at radius 3 is 2.65 bits per heavy atom. The van der Waals surface area contributed by atoms with Crippen LogP contribution in [-0.4, -0.2) is 47.0 Å². The Morgan fingerprint density at radius 1 is 1.26 bits per heavy atom. The molecule has 0 aliphatic heterocycles. The maximum atomic E-state index is 10.9. The smallest absolute Gasteiger partial charge is 0.120 e. The van der Waals surface area contributed by atoms with E-state index in [1.807, 2.05) is 36.4 Å². The molecule has 126 valence electrons. The highest BCUT2D eigenvalue weighted by molar-refractivity contribution is 5.51. The molecule has 0 radical (unpaired) electrons. The molecule has 5 heteroatoms. The Kier molecular flexibility index (Phi) is 6.92. The third kappa shape index (κ3) is 4.97. The predicted molar refractivity (Wildman–Crippen MR) is 85.6 cm³/mol. The summed E-state index contributed by atoms with van der Waals surface area (Å²) >= 11 is 0. The van der Waals surface area contributed by atoms with Crippen molar-refractivity contribution >= 4 is 6.29 Å². The lowest BCUT2D eigenvalue weighted by molar-refractivity contribution is -0.109. The first-order valence-corrected chi connectivity index (χ1v) is 7.88. The van der Waals surface area contributed by atoms with Gasteiger partial charge in [-0.25, -0.2) is 0 Å². The van der Waals surface area contributed by atoms with Crippen molar-refractivity contribution in [3.63, 3.8) is 0 Å². The van der Waals surface area contributed by atoms with Gasteiger partial charge in [0, 0.05) is 18.3 Å². The van der Waals surface area contributed by atoms with Gasteiger partial charge in [0.15, 0.2) is 0 Å². The monoisotopic (exact) mass is 320 g/mol. The van der Waals surface area contributed by atoms with Crippen LogP contribution in [0.15, 0.2) is 42.0 Å². The number of aldehydes is 1. The number of ether oxygens (including phenoxy) is 1. The number of hydrogen-bond donors (Lipinski definition) is 3. The highest BCUT2D eigenvalue weighted by atomic mass is 16.5. The van der Waals surface area contributed by atoms with Crippen molar-refractivity contribution in [2.75, 3.05) is 13.2 Å². The molecule has 0 bridgehead atoms. The summed E-state index contributed by atoms with van der Waals surface area (Å²) in [5, 5.41) is 28.8. The number of rotatable bonds is 9. The van der Waals surface area contributed by atoms with Gasteiger partial charge in [-0.05, 0) is 17.6 Å². The van der Waals surface area contributed by atoms with Gasteiger partial charge in [-0.3, -0.25) is 0 Å². The van der Waals surface area contributed by atoms with Crippen LogP contribution in [0.2, 0.25) is 0 Å². The first-order valence-electron chi connectivity index (χ1n) is 7.88. The molecule has 0 heterocycles. The molecular weight excluding hydrogens is 296 g/mol. The van der Waals surface area contributed by atoms with E-state index in [1.165, 1.54) is 0 Å². The molecule has 0 fully saturated rings. The molecule has 1 aromatic rings. The standard InChI is InChI=1S/C18H24O5/c19-7-6-17-15(8-14(18(17)22)9-16(21)10-20)12-23-11-13-4-2-1-3-5-13/h1-5,7-8,15-18,20-22H,6,9-12H2/t15-,16?,17-,18+/m0/s1. The molecule has 1 aromatic carbocycles. The van der Waals surface area contributed by atoms with Crippen LogP contribution < -0.4 is 0 Å². The van der Waals surface area contributed by atoms with Crippen LogP contribution in [0.5, 0.6) is 0 Å². The van der Waals surface area contributed by atoms with E-state index in [0.29, 0.717) is 18.8 Å². The lowest BCUT2D eigenvalue weighted by atomic mass is 9.90. The minimum absolute atomic E-state index is 0.0696. The van der Waals surface area contributed by atoms with Gasteiger partial charge in [-0.1, -0.05) is 36.4 Å². The maximum Gasteiger partial charge on any atom is 0.120 e.